The molecule has 0 aromatic heterocycles. The SMILES string of the molecule is CCNCCCc1cccc(Br)c1. The van der Waals surface area contributed by atoms with Gasteiger partial charge in [-0.1, -0.05) is 35.0 Å². The summed E-state index contributed by atoms with van der Waals surface area (Å²) in [6.07, 6.45) is 2.37. The molecule has 0 saturated carbocycles. The molecule has 2 heteroatoms. The van der Waals surface area contributed by atoms with Crippen molar-refractivity contribution in [2.75, 3.05) is 13.1 Å². The van der Waals surface area contributed by atoms with Crippen LogP contribution in [0.1, 0.15) is 18.9 Å². The van der Waals surface area contributed by atoms with E-state index >= 15 is 0 Å². The summed E-state index contributed by atoms with van der Waals surface area (Å²) in [6.45, 7) is 4.32. The maximum Gasteiger partial charge on any atom is 0.0177 e. The fraction of sp³-hybridized carbons (Fsp3) is 0.455. The molecule has 0 bridgehead atoms. The van der Waals surface area contributed by atoms with Crippen molar-refractivity contribution in [2.24, 2.45) is 0 Å². The number of rotatable bonds is 5. The largest absolute Gasteiger partial charge is 0.317 e. The van der Waals surface area contributed by atoms with Gasteiger partial charge in [0.2, 0.25) is 0 Å². The van der Waals surface area contributed by atoms with Crippen LogP contribution in [-0.4, -0.2) is 13.1 Å². The van der Waals surface area contributed by atoms with Crippen LogP contribution in [0.4, 0.5) is 0 Å². The third-order valence-corrected chi connectivity index (χ3v) is 2.45. The van der Waals surface area contributed by atoms with E-state index in [2.05, 4.69) is 52.4 Å². The fourth-order valence-corrected chi connectivity index (χ4v) is 1.73. The molecule has 0 unspecified atom stereocenters. The number of benzene rings is 1. The molecule has 1 rings (SSSR count). The van der Waals surface area contributed by atoms with Gasteiger partial charge < -0.3 is 5.32 Å². The van der Waals surface area contributed by atoms with Gasteiger partial charge in [-0.3, -0.25) is 0 Å². The summed E-state index contributed by atoms with van der Waals surface area (Å²) in [7, 11) is 0. The van der Waals surface area contributed by atoms with Crippen LogP contribution in [0.25, 0.3) is 0 Å². The van der Waals surface area contributed by atoms with Gasteiger partial charge in [0.1, 0.15) is 0 Å². The summed E-state index contributed by atoms with van der Waals surface area (Å²) < 4.78 is 1.17. The van der Waals surface area contributed by atoms with Gasteiger partial charge in [-0.25, -0.2) is 0 Å². The van der Waals surface area contributed by atoms with E-state index in [1.165, 1.54) is 16.5 Å². The van der Waals surface area contributed by atoms with Gasteiger partial charge in [0, 0.05) is 4.47 Å². The van der Waals surface area contributed by atoms with Gasteiger partial charge >= 0.3 is 0 Å². The molecule has 1 aromatic rings. The van der Waals surface area contributed by atoms with Crippen molar-refractivity contribution in [2.45, 2.75) is 19.8 Å². The molecule has 1 aromatic carbocycles. The van der Waals surface area contributed by atoms with Crippen LogP contribution >= 0.6 is 15.9 Å². The second kappa shape index (κ2) is 6.17. The Morgan fingerprint density at radius 1 is 1.38 bits per heavy atom. The number of hydrogen-bond donors (Lipinski definition) is 1. The molecule has 0 heterocycles. The lowest BCUT2D eigenvalue weighted by Crippen LogP contribution is -2.14. The molecule has 0 aliphatic carbocycles. The second-order valence-corrected chi connectivity index (χ2v) is 4.00. The monoisotopic (exact) mass is 241 g/mol. The van der Waals surface area contributed by atoms with E-state index in [9.17, 15) is 0 Å². The summed E-state index contributed by atoms with van der Waals surface area (Å²) >= 11 is 3.47. The van der Waals surface area contributed by atoms with Crippen molar-refractivity contribution < 1.29 is 0 Å². The number of hydrogen-bond acceptors (Lipinski definition) is 1. The molecule has 1 N–H and O–H groups in total. The molecule has 0 fully saturated rings. The molecule has 0 amide bonds. The smallest absolute Gasteiger partial charge is 0.0177 e. The zero-order valence-electron chi connectivity index (χ0n) is 8.02. The molecule has 13 heavy (non-hydrogen) atoms. The predicted octanol–water partition coefficient (Wildman–Crippen LogP) is 2.99. The summed E-state index contributed by atoms with van der Waals surface area (Å²) in [5.74, 6) is 0. The minimum absolute atomic E-state index is 1.07. The van der Waals surface area contributed by atoms with Gasteiger partial charge in [0.25, 0.3) is 0 Å². The number of halogens is 1. The third-order valence-electron chi connectivity index (χ3n) is 1.96. The van der Waals surface area contributed by atoms with E-state index in [-0.39, 0.29) is 0 Å². The van der Waals surface area contributed by atoms with E-state index in [1.807, 2.05) is 0 Å². The van der Waals surface area contributed by atoms with Crippen molar-refractivity contribution in [3.8, 4) is 0 Å². The molecule has 0 radical (unpaired) electrons. The highest BCUT2D eigenvalue weighted by molar-refractivity contribution is 9.10. The molecular formula is C11H16BrN. The minimum Gasteiger partial charge on any atom is -0.317 e. The van der Waals surface area contributed by atoms with E-state index in [1.54, 1.807) is 0 Å². The molecule has 0 aliphatic rings. The lowest BCUT2D eigenvalue weighted by Gasteiger charge is -2.02. The second-order valence-electron chi connectivity index (χ2n) is 3.09. The Kier molecular flexibility index (Phi) is 5.09. The first-order chi connectivity index (χ1) is 6.33. The zero-order chi connectivity index (χ0) is 9.52. The molecular weight excluding hydrogens is 226 g/mol. The molecule has 0 saturated heterocycles. The Morgan fingerprint density at radius 3 is 2.92 bits per heavy atom. The highest BCUT2D eigenvalue weighted by atomic mass is 79.9. The van der Waals surface area contributed by atoms with Crippen LogP contribution in [0.3, 0.4) is 0 Å². The topological polar surface area (TPSA) is 12.0 Å². The highest BCUT2D eigenvalue weighted by Gasteiger charge is 1.93. The average molecular weight is 242 g/mol. The van der Waals surface area contributed by atoms with E-state index in [0.29, 0.717) is 0 Å². The Hall–Kier alpha value is -0.340. The number of nitrogens with one attached hydrogen (secondary N) is 1. The Labute approximate surface area is 88.7 Å². The zero-order valence-corrected chi connectivity index (χ0v) is 9.60. The Bertz CT molecular complexity index is 248. The number of aryl methyl sites for hydroxylation is 1. The normalized spacial score (nSPS) is 10.3. The van der Waals surface area contributed by atoms with Crippen LogP contribution in [-0.2, 0) is 6.42 Å². The first-order valence-corrected chi connectivity index (χ1v) is 5.57. The van der Waals surface area contributed by atoms with Gasteiger partial charge in [0.05, 0.1) is 0 Å². The maximum absolute atomic E-state index is 3.47. The molecule has 0 aliphatic heterocycles. The average Bonchev–Trinajstić information content (AvgIpc) is 2.13. The van der Waals surface area contributed by atoms with Gasteiger partial charge in [-0.05, 0) is 43.6 Å². The first-order valence-electron chi connectivity index (χ1n) is 4.78. The van der Waals surface area contributed by atoms with Crippen molar-refractivity contribution in [3.63, 3.8) is 0 Å². The summed E-state index contributed by atoms with van der Waals surface area (Å²) in [4.78, 5) is 0. The molecule has 1 nitrogen and oxygen atoms in total. The van der Waals surface area contributed by atoms with E-state index < -0.39 is 0 Å². The summed E-state index contributed by atoms with van der Waals surface area (Å²) in [5, 5.41) is 3.32. The van der Waals surface area contributed by atoms with E-state index in [4.69, 9.17) is 0 Å². The van der Waals surface area contributed by atoms with Crippen LogP contribution in [0, 0.1) is 0 Å². The van der Waals surface area contributed by atoms with Crippen molar-refractivity contribution in [3.05, 3.63) is 34.3 Å². The maximum atomic E-state index is 3.47. The van der Waals surface area contributed by atoms with Crippen LogP contribution < -0.4 is 5.32 Å². The standard InChI is InChI=1S/C11H16BrN/c1-2-13-8-4-6-10-5-3-7-11(12)9-10/h3,5,7,9,13H,2,4,6,8H2,1H3. The Balaban J connectivity index is 2.28. The molecule has 72 valence electrons. The van der Waals surface area contributed by atoms with Crippen molar-refractivity contribution >= 4 is 15.9 Å². The van der Waals surface area contributed by atoms with Crippen LogP contribution in [0.15, 0.2) is 28.7 Å². The van der Waals surface area contributed by atoms with Crippen molar-refractivity contribution in [1.82, 2.24) is 5.32 Å². The van der Waals surface area contributed by atoms with Gasteiger partial charge in [-0.15, -0.1) is 0 Å². The quantitative estimate of drug-likeness (QED) is 0.782. The fourth-order valence-electron chi connectivity index (χ4n) is 1.29. The third kappa shape index (κ3) is 4.44. The highest BCUT2D eigenvalue weighted by Crippen LogP contribution is 2.12. The minimum atomic E-state index is 1.07. The van der Waals surface area contributed by atoms with Gasteiger partial charge in [0.15, 0.2) is 0 Å². The van der Waals surface area contributed by atoms with Crippen molar-refractivity contribution in [1.29, 1.82) is 0 Å². The Morgan fingerprint density at radius 2 is 2.23 bits per heavy atom. The van der Waals surface area contributed by atoms with Crippen LogP contribution in [0.5, 0.6) is 0 Å². The predicted molar refractivity (Wildman–Crippen MR) is 61.0 cm³/mol. The summed E-state index contributed by atoms with van der Waals surface area (Å²) in [6, 6.07) is 8.52. The molecule has 0 spiro atoms. The van der Waals surface area contributed by atoms with E-state index in [0.717, 1.165) is 19.5 Å². The van der Waals surface area contributed by atoms with Gasteiger partial charge in [-0.2, -0.15) is 0 Å². The first kappa shape index (κ1) is 10.7. The molecule has 0 atom stereocenters. The lowest BCUT2D eigenvalue weighted by atomic mass is 10.1. The lowest BCUT2D eigenvalue weighted by molar-refractivity contribution is 0.672. The summed E-state index contributed by atoms with van der Waals surface area (Å²) in [5.41, 5.74) is 1.41. The van der Waals surface area contributed by atoms with Crippen LogP contribution in [0.2, 0.25) is 0 Å².